The molecule has 2 aliphatic rings. The normalized spacial score (nSPS) is 17.2. The van der Waals surface area contributed by atoms with Crippen molar-refractivity contribution < 1.29 is 34.8 Å². The fourth-order valence-electron chi connectivity index (χ4n) is 3.44. The molecule has 1 heterocycles. The Morgan fingerprint density at radius 1 is 1.08 bits per heavy atom. The molecule has 1 aliphatic heterocycles. The lowest BCUT2D eigenvalue weighted by Crippen LogP contribution is -2.10. The van der Waals surface area contributed by atoms with Gasteiger partial charge in [0.2, 0.25) is 0 Å². The number of phenols is 3. The molecule has 1 atom stereocenters. The van der Waals surface area contributed by atoms with E-state index in [1.54, 1.807) is 0 Å². The number of rotatable bonds is 2. The molecule has 4 rings (SSSR count). The third-order valence-corrected chi connectivity index (χ3v) is 4.49. The molecule has 0 spiro atoms. The molecule has 0 saturated heterocycles. The maximum Gasteiger partial charge on any atom is 0.344 e. The Morgan fingerprint density at radius 2 is 1.80 bits per heavy atom. The Labute approximate surface area is 141 Å². The summed E-state index contributed by atoms with van der Waals surface area (Å²) in [4.78, 5) is 23.6. The molecule has 0 fully saturated rings. The minimum atomic E-state index is -1.12. The van der Waals surface area contributed by atoms with Gasteiger partial charge in [-0.05, 0) is 29.3 Å². The molecule has 0 bridgehead atoms. The second kappa shape index (κ2) is 5.01. The number of benzene rings is 2. The SMILES string of the molecule is O=C(O)C[C@@H]1c2ccc(O)c3c2C(=Cc2ccc(O)c(O)c21)C(=O)O3. The van der Waals surface area contributed by atoms with E-state index in [1.165, 1.54) is 30.3 Å². The minimum Gasteiger partial charge on any atom is -0.504 e. The molecule has 0 aromatic heterocycles. The first kappa shape index (κ1) is 15.1. The number of phenolic OH excluding ortho intramolecular Hbond substituents is 3. The summed E-state index contributed by atoms with van der Waals surface area (Å²) in [6, 6.07) is 5.56. The number of carbonyl (C=O) groups excluding carboxylic acids is 1. The van der Waals surface area contributed by atoms with Crippen LogP contribution in [0.2, 0.25) is 0 Å². The lowest BCUT2D eigenvalue weighted by Gasteiger charge is -2.20. The van der Waals surface area contributed by atoms with Crippen LogP contribution >= 0.6 is 0 Å². The Hall–Kier alpha value is -3.48. The van der Waals surface area contributed by atoms with Crippen molar-refractivity contribution in [3.8, 4) is 23.0 Å². The number of ether oxygens (including phenoxy) is 1. The van der Waals surface area contributed by atoms with Crippen LogP contribution in [0.5, 0.6) is 23.0 Å². The maximum atomic E-state index is 12.2. The first-order valence-corrected chi connectivity index (χ1v) is 7.45. The number of carboxylic acids is 1. The van der Waals surface area contributed by atoms with Gasteiger partial charge in [-0.2, -0.15) is 0 Å². The Kier molecular flexibility index (Phi) is 3.02. The van der Waals surface area contributed by atoms with Crippen molar-refractivity contribution in [3.63, 3.8) is 0 Å². The van der Waals surface area contributed by atoms with Gasteiger partial charge in [0.1, 0.15) is 0 Å². The van der Waals surface area contributed by atoms with Crippen molar-refractivity contribution in [1.29, 1.82) is 0 Å². The third kappa shape index (κ3) is 2.06. The molecular weight excluding hydrogens is 328 g/mol. The highest BCUT2D eigenvalue weighted by atomic mass is 16.5. The molecule has 7 heteroatoms. The summed E-state index contributed by atoms with van der Waals surface area (Å²) in [5.74, 6) is -3.70. The smallest absolute Gasteiger partial charge is 0.344 e. The number of aliphatic carboxylic acids is 1. The maximum absolute atomic E-state index is 12.2. The van der Waals surface area contributed by atoms with Gasteiger partial charge in [0.15, 0.2) is 23.0 Å². The summed E-state index contributed by atoms with van der Waals surface area (Å²) in [6.07, 6.45) is 1.09. The molecule has 0 amide bonds. The Bertz CT molecular complexity index is 987. The largest absolute Gasteiger partial charge is 0.504 e. The Morgan fingerprint density at radius 3 is 2.52 bits per heavy atom. The Balaban J connectivity index is 2.11. The van der Waals surface area contributed by atoms with Gasteiger partial charge < -0.3 is 25.2 Å². The number of carbonyl (C=O) groups is 2. The summed E-state index contributed by atoms with van der Waals surface area (Å²) in [6.45, 7) is 0. The van der Waals surface area contributed by atoms with Gasteiger partial charge in [0.05, 0.1) is 12.0 Å². The van der Waals surface area contributed by atoms with Crippen LogP contribution in [0.1, 0.15) is 34.6 Å². The predicted molar refractivity (Wildman–Crippen MR) is 85.5 cm³/mol. The highest BCUT2D eigenvalue weighted by Gasteiger charge is 2.39. The van der Waals surface area contributed by atoms with E-state index in [0.717, 1.165) is 0 Å². The lowest BCUT2D eigenvalue weighted by atomic mass is 9.84. The standard InChI is InChI=1S/C18H12O7/c19-11-3-1-7-5-10-15-8(2-4-12(20)17(15)25-18(10)24)9(6-13(21)22)14(7)16(11)23/h1-5,9,19-20,23H,6H2,(H,21,22)/t9-/m1/s1. The van der Waals surface area contributed by atoms with Gasteiger partial charge in [-0.1, -0.05) is 12.1 Å². The zero-order valence-electron chi connectivity index (χ0n) is 12.7. The van der Waals surface area contributed by atoms with Crippen LogP contribution in [-0.2, 0) is 9.59 Å². The molecule has 0 radical (unpaired) electrons. The summed E-state index contributed by atoms with van der Waals surface area (Å²) < 4.78 is 5.12. The predicted octanol–water partition coefficient (Wildman–Crippen LogP) is 2.18. The van der Waals surface area contributed by atoms with Gasteiger partial charge in [-0.25, -0.2) is 4.79 Å². The van der Waals surface area contributed by atoms with Crippen LogP contribution in [0, 0.1) is 0 Å². The van der Waals surface area contributed by atoms with Crippen LogP contribution in [0.4, 0.5) is 0 Å². The number of carboxylic acid groups (broad SMARTS) is 1. The first-order chi connectivity index (χ1) is 11.9. The van der Waals surface area contributed by atoms with Gasteiger partial charge in [-0.3, -0.25) is 4.79 Å². The van der Waals surface area contributed by atoms with E-state index in [1.807, 2.05) is 0 Å². The lowest BCUT2D eigenvalue weighted by molar-refractivity contribution is -0.137. The van der Waals surface area contributed by atoms with Crippen molar-refractivity contribution in [3.05, 3.63) is 46.5 Å². The summed E-state index contributed by atoms with van der Waals surface area (Å²) in [5.41, 5.74) is 1.51. The van der Waals surface area contributed by atoms with E-state index >= 15 is 0 Å². The zero-order valence-corrected chi connectivity index (χ0v) is 12.7. The van der Waals surface area contributed by atoms with Crippen molar-refractivity contribution >= 4 is 23.6 Å². The van der Waals surface area contributed by atoms with Gasteiger partial charge >= 0.3 is 11.9 Å². The quantitative estimate of drug-likeness (QED) is 0.375. The van der Waals surface area contributed by atoms with E-state index in [2.05, 4.69) is 0 Å². The number of aromatic hydroxyl groups is 3. The minimum absolute atomic E-state index is 0.0272. The summed E-state index contributed by atoms with van der Waals surface area (Å²) >= 11 is 0. The van der Waals surface area contributed by atoms with E-state index in [9.17, 15) is 30.0 Å². The van der Waals surface area contributed by atoms with Crippen LogP contribution in [0.3, 0.4) is 0 Å². The highest BCUT2D eigenvalue weighted by molar-refractivity contribution is 6.27. The topological polar surface area (TPSA) is 124 Å². The molecule has 0 unspecified atom stereocenters. The van der Waals surface area contributed by atoms with E-state index in [0.29, 0.717) is 16.7 Å². The van der Waals surface area contributed by atoms with Crippen molar-refractivity contribution in [1.82, 2.24) is 0 Å². The molecule has 2 aromatic rings. The number of esters is 1. The number of fused-ring (bicyclic) bond motifs is 1. The molecule has 7 nitrogen and oxygen atoms in total. The third-order valence-electron chi connectivity index (χ3n) is 4.49. The molecule has 126 valence electrons. The van der Waals surface area contributed by atoms with Crippen LogP contribution < -0.4 is 4.74 Å². The summed E-state index contributed by atoms with van der Waals surface area (Å²) in [5, 5.41) is 39.5. The average molecular weight is 340 g/mol. The second-order valence-corrected chi connectivity index (χ2v) is 5.91. The molecule has 0 saturated carbocycles. The summed E-state index contributed by atoms with van der Waals surface area (Å²) in [7, 11) is 0. The number of hydrogen-bond acceptors (Lipinski definition) is 6. The molecule has 4 N–H and O–H groups in total. The fourth-order valence-corrected chi connectivity index (χ4v) is 3.44. The molecular formula is C18H12O7. The average Bonchev–Trinajstić information content (AvgIpc) is 2.80. The fraction of sp³-hybridized carbons (Fsp3) is 0.111. The zero-order chi connectivity index (χ0) is 17.9. The highest BCUT2D eigenvalue weighted by Crippen LogP contribution is 2.52. The van der Waals surface area contributed by atoms with E-state index < -0.39 is 23.6 Å². The van der Waals surface area contributed by atoms with Crippen molar-refractivity contribution in [2.75, 3.05) is 0 Å². The monoisotopic (exact) mass is 340 g/mol. The first-order valence-electron chi connectivity index (χ1n) is 7.45. The molecule has 2 aromatic carbocycles. The van der Waals surface area contributed by atoms with Crippen LogP contribution in [-0.4, -0.2) is 32.4 Å². The van der Waals surface area contributed by atoms with Crippen LogP contribution in [0.15, 0.2) is 24.3 Å². The van der Waals surface area contributed by atoms with E-state index in [-0.39, 0.29) is 34.8 Å². The van der Waals surface area contributed by atoms with Crippen molar-refractivity contribution in [2.24, 2.45) is 0 Å². The second-order valence-electron chi connectivity index (χ2n) is 5.91. The van der Waals surface area contributed by atoms with Gasteiger partial charge in [-0.15, -0.1) is 0 Å². The number of hydrogen-bond donors (Lipinski definition) is 4. The van der Waals surface area contributed by atoms with Gasteiger partial charge in [0.25, 0.3) is 0 Å². The van der Waals surface area contributed by atoms with Crippen molar-refractivity contribution in [2.45, 2.75) is 12.3 Å². The molecule has 1 aliphatic carbocycles. The van der Waals surface area contributed by atoms with E-state index in [4.69, 9.17) is 4.74 Å². The molecule has 25 heavy (non-hydrogen) atoms. The van der Waals surface area contributed by atoms with Gasteiger partial charge in [0, 0.05) is 17.0 Å². The van der Waals surface area contributed by atoms with Crippen LogP contribution in [0.25, 0.3) is 11.6 Å².